The average molecular weight is 370 g/mol. The molecule has 1 aromatic carbocycles. The van der Waals surface area contributed by atoms with Gasteiger partial charge in [-0.25, -0.2) is 9.18 Å². The van der Waals surface area contributed by atoms with E-state index in [1.165, 1.54) is 14.0 Å². The minimum Gasteiger partial charge on any atom is -0.444 e. The number of nitrogens with one attached hydrogen (secondary N) is 2. The van der Waals surface area contributed by atoms with Gasteiger partial charge in [-0.1, -0.05) is 0 Å². The third kappa shape index (κ3) is 4.58. The molecule has 1 unspecified atom stereocenters. The molecule has 142 valence electrons. The van der Waals surface area contributed by atoms with E-state index >= 15 is 0 Å². The number of rotatable bonds is 5. The van der Waals surface area contributed by atoms with Gasteiger partial charge in [-0.15, -0.1) is 0 Å². The van der Waals surface area contributed by atoms with E-state index in [9.17, 15) is 23.7 Å². The van der Waals surface area contributed by atoms with Gasteiger partial charge in [0.1, 0.15) is 11.4 Å². The molecule has 0 spiro atoms. The van der Waals surface area contributed by atoms with Crippen LogP contribution in [0.15, 0.2) is 12.1 Å². The third-order valence-electron chi connectivity index (χ3n) is 3.47. The molecule has 0 radical (unpaired) electrons. The second-order valence-corrected chi connectivity index (χ2v) is 6.57. The monoisotopic (exact) mass is 370 g/mol. The van der Waals surface area contributed by atoms with Crippen molar-refractivity contribution in [3.63, 3.8) is 0 Å². The van der Waals surface area contributed by atoms with E-state index in [2.05, 4.69) is 0 Å². The number of hydrogen-bond donors (Lipinski definition) is 2. The Kier molecular flexibility index (Phi) is 6.13. The Morgan fingerprint density at radius 1 is 1.31 bits per heavy atom. The summed E-state index contributed by atoms with van der Waals surface area (Å²) in [4.78, 5) is 22.8. The summed E-state index contributed by atoms with van der Waals surface area (Å²) in [7, 11) is 1.31. The van der Waals surface area contributed by atoms with Crippen molar-refractivity contribution in [2.45, 2.75) is 39.3 Å². The fourth-order valence-corrected chi connectivity index (χ4v) is 1.94. The fourth-order valence-electron chi connectivity index (χ4n) is 1.94. The van der Waals surface area contributed by atoms with Gasteiger partial charge in [-0.2, -0.15) is 4.39 Å². The van der Waals surface area contributed by atoms with Gasteiger partial charge in [0.25, 0.3) is 0 Å². The normalized spacial score (nSPS) is 12.3. The van der Waals surface area contributed by atoms with E-state index in [0.29, 0.717) is 12.1 Å². The van der Waals surface area contributed by atoms with Gasteiger partial charge in [-0.3, -0.25) is 15.5 Å². The lowest BCUT2D eigenvalue weighted by Crippen LogP contribution is -2.45. The predicted molar refractivity (Wildman–Crippen MR) is 91.0 cm³/mol. The Morgan fingerprint density at radius 3 is 2.31 bits per heavy atom. The Bertz CT molecular complexity index is 774. The molecule has 0 aliphatic carbocycles. The molecule has 26 heavy (non-hydrogen) atoms. The lowest BCUT2D eigenvalue weighted by molar-refractivity contribution is -0.387. The molecule has 2 N–H and O–H groups in total. The molecule has 0 saturated heterocycles. The van der Waals surface area contributed by atoms with E-state index in [1.54, 1.807) is 20.8 Å². The topological polar surface area (TPSA) is 120 Å². The van der Waals surface area contributed by atoms with Crippen molar-refractivity contribution in [1.29, 1.82) is 10.8 Å². The van der Waals surface area contributed by atoms with E-state index < -0.39 is 57.0 Å². The minimum atomic E-state index is -1.54. The van der Waals surface area contributed by atoms with Gasteiger partial charge in [0.15, 0.2) is 0 Å². The van der Waals surface area contributed by atoms with Crippen molar-refractivity contribution in [3.05, 3.63) is 39.4 Å². The van der Waals surface area contributed by atoms with Crippen molar-refractivity contribution in [2.24, 2.45) is 0 Å². The Balaban J connectivity index is 3.15. The molecule has 0 heterocycles. The maximum absolute atomic E-state index is 14.2. The quantitative estimate of drug-likeness (QED) is 0.468. The molecule has 0 saturated carbocycles. The molecule has 1 atom stereocenters. The van der Waals surface area contributed by atoms with Crippen molar-refractivity contribution in [1.82, 2.24) is 4.90 Å². The first kappa shape index (κ1) is 21.1. The van der Waals surface area contributed by atoms with E-state index in [4.69, 9.17) is 15.6 Å². The van der Waals surface area contributed by atoms with Gasteiger partial charge < -0.3 is 15.0 Å². The van der Waals surface area contributed by atoms with Gasteiger partial charge in [-0.05, 0) is 33.8 Å². The number of nitro benzene ring substituents is 1. The van der Waals surface area contributed by atoms with Gasteiger partial charge in [0, 0.05) is 13.1 Å². The zero-order chi connectivity index (χ0) is 20.4. The smallest absolute Gasteiger partial charge is 0.410 e. The van der Waals surface area contributed by atoms with Crippen LogP contribution in [0.5, 0.6) is 0 Å². The molecule has 1 aromatic rings. The summed E-state index contributed by atoms with van der Waals surface area (Å²) in [5, 5.41) is 26.7. The predicted octanol–water partition coefficient (Wildman–Crippen LogP) is 3.52. The number of carbonyl (C=O) groups is 1. The highest BCUT2D eigenvalue weighted by Crippen LogP contribution is 2.24. The van der Waals surface area contributed by atoms with Crippen LogP contribution in [-0.2, 0) is 4.74 Å². The molecule has 10 heteroatoms. The largest absolute Gasteiger partial charge is 0.444 e. The number of benzene rings is 1. The van der Waals surface area contributed by atoms with E-state index in [0.717, 1.165) is 4.90 Å². The number of amides is 1. The lowest BCUT2D eigenvalue weighted by Gasteiger charge is -2.29. The molecule has 8 nitrogen and oxygen atoms in total. The lowest BCUT2D eigenvalue weighted by atomic mass is 9.99. The zero-order valence-electron chi connectivity index (χ0n) is 15.0. The summed E-state index contributed by atoms with van der Waals surface area (Å²) in [5.41, 5.74) is -4.29. The Hall–Kier alpha value is -2.91. The molecule has 0 bridgehead atoms. The Labute approximate surface area is 148 Å². The molecule has 1 rings (SSSR count). The first-order valence-electron chi connectivity index (χ1n) is 7.53. The van der Waals surface area contributed by atoms with Gasteiger partial charge >= 0.3 is 11.8 Å². The van der Waals surface area contributed by atoms with E-state index in [-0.39, 0.29) is 0 Å². The van der Waals surface area contributed by atoms with E-state index in [1.807, 2.05) is 0 Å². The number of nitro groups is 1. The molecule has 0 aliphatic rings. The highest BCUT2D eigenvalue weighted by molar-refractivity contribution is 6.48. The van der Waals surface area contributed by atoms with Crippen molar-refractivity contribution in [2.75, 3.05) is 7.05 Å². The van der Waals surface area contributed by atoms with Gasteiger partial charge in [0.2, 0.25) is 5.82 Å². The van der Waals surface area contributed by atoms with Crippen LogP contribution in [0.25, 0.3) is 0 Å². The molecule has 0 aliphatic heterocycles. The van der Waals surface area contributed by atoms with Crippen LogP contribution >= 0.6 is 0 Å². The fraction of sp³-hybridized carbons (Fsp3) is 0.438. The molecule has 0 aromatic heterocycles. The summed E-state index contributed by atoms with van der Waals surface area (Å²) >= 11 is 0. The number of ether oxygens (including phenoxy) is 1. The maximum atomic E-state index is 14.2. The zero-order valence-corrected chi connectivity index (χ0v) is 15.0. The standard InChI is InChI=1S/C16H20F2N4O4/c1-8(21(5)15(23)26-16(2,3)4)13(19)14(20)11-9(17)6-7-10(12(11)18)22(24)25/h6-8,19-20H,1-5H3. The van der Waals surface area contributed by atoms with Crippen molar-refractivity contribution < 1.29 is 23.2 Å². The van der Waals surface area contributed by atoms with Crippen molar-refractivity contribution in [3.8, 4) is 0 Å². The maximum Gasteiger partial charge on any atom is 0.410 e. The minimum absolute atomic E-state index is 0.600. The van der Waals surface area contributed by atoms with Crippen LogP contribution in [0.1, 0.15) is 33.3 Å². The number of nitrogens with zero attached hydrogens (tertiary/aromatic N) is 2. The number of halogens is 2. The second kappa shape index (κ2) is 7.54. The first-order valence-corrected chi connectivity index (χ1v) is 7.53. The first-order chi connectivity index (χ1) is 11.8. The summed E-state index contributed by atoms with van der Waals surface area (Å²) < 4.78 is 33.3. The number of carbonyl (C=O) groups excluding carboxylic acids is 1. The number of hydrogen-bond acceptors (Lipinski definition) is 6. The highest BCUT2D eigenvalue weighted by atomic mass is 19.1. The summed E-state index contributed by atoms with van der Waals surface area (Å²) in [6.45, 7) is 6.30. The SMILES string of the molecule is CC(C(=N)C(=N)c1c(F)ccc([N+](=O)[O-])c1F)N(C)C(=O)OC(C)(C)C. The second-order valence-electron chi connectivity index (χ2n) is 6.57. The van der Waals surface area contributed by atoms with Crippen LogP contribution in [0.4, 0.5) is 19.3 Å². The summed E-state index contributed by atoms with van der Waals surface area (Å²) in [6, 6.07) is 0.234. The average Bonchev–Trinajstić information content (AvgIpc) is 2.50. The molecular formula is C16H20F2N4O4. The highest BCUT2D eigenvalue weighted by Gasteiger charge is 2.31. The molecule has 1 amide bonds. The van der Waals surface area contributed by atoms with Crippen molar-refractivity contribution >= 4 is 23.2 Å². The third-order valence-corrected chi connectivity index (χ3v) is 3.47. The molecule has 0 fully saturated rings. The summed E-state index contributed by atoms with van der Waals surface area (Å²) in [5.74, 6) is -2.76. The van der Waals surface area contributed by atoms with Gasteiger partial charge in [0.05, 0.1) is 28.0 Å². The molecular weight excluding hydrogens is 350 g/mol. The van der Waals surface area contributed by atoms with Crippen LogP contribution in [0, 0.1) is 32.6 Å². The van der Waals surface area contributed by atoms with Crippen LogP contribution in [0.3, 0.4) is 0 Å². The van der Waals surface area contributed by atoms with Crippen LogP contribution < -0.4 is 0 Å². The van der Waals surface area contributed by atoms with Crippen LogP contribution in [-0.4, -0.2) is 46.0 Å². The van der Waals surface area contributed by atoms with Crippen LogP contribution in [0.2, 0.25) is 0 Å². The Morgan fingerprint density at radius 2 is 1.85 bits per heavy atom. The summed E-state index contributed by atoms with van der Waals surface area (Å²) in [6.07, 6.45) is -0.789.